The third-order valence-electron chi connectivity index (χ3n) is 2.36. The lowest BCUT2D eigenvalue weighted by Crippen LogP contribution is -2.27. The van der Waals surface area contributed by atoms with Crippen molar-refractivity contribution < 1.29 is 8.42 Å². The van der Waals surface area contributed by atoms with Gasteiger partial charge in [-0.2, -0.15) is 5.10 Å². The highest BCUT2D eigenvalue weighted by atomic mass is 79.9. The zero-order valence-electron chi connectivity index (χ0n) is 9.75. The zero-order valence-corrected chi connectivity index (χ0v) is 13.7. The Morgan fingerprint density at radius 1 is 1.16 bits per heavy atom. The van der Waals surface area contributed by atoms with Crippen molar-refractivity contribution in [1.29, 1.82) is 0 Å². The standard InChI is InChI=1S/C11H11Br2N3O2S/c12-9-1-3-11(4-2-9)19(17,18)15-5-6-16-8-10(13)7-14-16/h1-4,7-8,15H,5-6H2. The average Bonchev–Trinajstić information content (AvgIpc) is 2.75. The molecule has 1 N–H and O–H groups in total. The van der Waals surface area contributed by atoms with Crippen LogP contribution in [0.15, 0.2) is 50.5 Å². The first-order valence-corrected chi connectivity index (χ1v) is 8.47. The zero-order chi connectivity index (χ0) is 13.9. The summed E-state index contributed by atoms with van der Waals surface area (Å²) in [5.74, 6) is 0. The molecular formula is C11H11Br2N3O2S. The van der Waals surface area contributed by atoms with Crippen LogP contribution >= 0.6 is 31.9 Å². The first-order valence-electron chi connectivity index (χ1n) is 5.40. The Kier molecular flexibility index (Phi) is 4.77. The predicted octanol–water partition coefficient (Wildman–Crippen LogP) is 2.39. The summed E-state index contributed by atoms with van der Waals surface area (Å²) in [5.41, 5.74) is 0. The third kappa shape index (κ3) is 4.13. The van der Waals surface area contributed by atoms with E-state index in [1.54, 1.807) is 41.3 Å². The number of aromatic nitrogens is 2. The molecule has 0 radical (unpaired) electrons. The van der Waals surface area contributed by atoms with Crippen LogP contribution < -0.4 is 4.72 Å². The van der Waals surface area contributed by atoms with Gasteiger partial charge in [0.25, 0.3) is 0 Å². The molecule has 0 unspecified atom stereocenters. The van der Waals surface area contributed by atoms with Gasteiger partial charge in [-0.25, -0.2) is 13.1 Å². The van der Waals surface area contributed by atoms with Crippen molar-refractivity contribution in [3.8, 4) is 0 Å². The van der Waals surface area contributed by atoms with Gasteiger partial charge in [-0.3, -0.25) is 4.68 Å². The van der Waals surface area contributed by atoms with E-state index in [4.69, 9.17) is 0 Å². The smallest absolute Gasteiger partial charge is 0.240 e. The molecule has 0 amide bonds. The van der Waals surface area contributed by atoms with Gasteiger partial charge in [0, 0.05) is 17.2 Å². The van der Waals surface area contributed by atoms with Crippen LogP contribution in [0.3, 0.4) is 0 Å². The van der Waals surface area contributed by atoms with Crippen LogP contribution in [0, 0.1) is 0 Å². The summed E-state index contributed by atoms with van der Waals surface area (Å²) in [5, 5.41) is 4.05. The highest BCUT2D eigenvalue weighted by Crippen LogP contribution is 2.14. The van der Waals surface area contributed by atoms with Gasteiger partial charge in [-0.1, -0.05) is 15.9 Å². The van der Waals surface area contributed by atoms with Crippen molar-refractivity contribution in [2.24, 2.45) is 0 Å². The molecule has 102 valence electrons. The third-order valence-corrected chi connectivity index (χ3v) is 4.77. The molecule has 0 saturated heterocycles. The molecule has 0 atom stereocenters. The Morgan fingerprint density at radius 2 is 1.84 bits per heavy atom. The van der Waals surface area contributed by atoms with Gasteiger partial charge < -0.3 is 0 Å². The van der Waals surface area contributed by atoms with E-state index in [0.29, 0.717) is 6.54 Å². The van der Waals surface area contributed by atoms with Gasteiger partial charge in [0.2, 0.25) is 10.0 Å². The largest absolute Gasteiger partial charge is 0.270 e. The highest BCUT2D eigenvalue weighted by Gasteiger charge is 2.12. The van der Waals surface area contributed by atoms with Crippen LogP contribution in [0.1, 0.15) is 0 Å². The van der Waals surface area contributed by atoms with E-state index in [0.717, 1.165) is 8.95 Å². The summed E-state index contributed by atoms with van der Waals surface area (Å²) < 4.78 is 29.8. The Balaban J connectivity index is 1.96. The maximum atomic E-state index is 12.0. The minimum Gasteiger partial charge on any atom is -0.270 e. The first kappa shape index (κ1) is 14.7. The quantitative estimate of drug-likeness (QED) is 0.825. The molecule has 0 aliphatic heterocycles. The molecule has 0 spiro atoms. The van der Waals surface area contributed by atoms with E-state index in [9.17, 15) is 8.42 Å². The molecule has 0 saturated carbocycles. The number of hydrogen-bond donors (Lipinski definition) is 1. The van der Waals surface area contributed by atoms with Crippen LogP contribution in [-0.2, 0) is 16.6 Å². The molecule has 1 heterocycles. The van der Waals surface area contributed by atoms with Gasteiger partial charge in [0.05, 0.1) is 22.1 Å². The summed E-state index contributed by atoms with van der Waals surface area (Å²) in [6.45, 7) is 0.758. The maximum absolute atomic E-state index is 12.0. The Hall–Kier alpha value is -0.700. The van der Waals surface area contributed by atoms with Crippen LogP contribution in [0.2, 0.25) is 0 Å². The lowest BCUT2D eigenvalue weighted by atomic mass is 10.4. The molecule has 19 heavy (non-hydrogen) atoms. The lowest BCUT2D eigenvalue weighted by molar-refractivity contribution is 0.561. The summed E-state index contributed by atoms with van der Waals surface area (Å²) >= 11 is 6.55. The number of benzene rings is 1. The minimum atomic E-state index is -3.46. The van der Waals surface area contributed by atoms with E-state index >= 15 is 0 Å². The molecule has 5 nitrogen and oxygen atoms in total. The van der Waals surface area contributed by atoms with Crippen molar-refractivity contribution in [1.82, 2.24) is 14.5 Å². The molecule has 2 aromatic rings. The molecule has 1 aromatic heterocycles. The Bertz CT molecular complexity index is 653. The number of sulfonamides is 1. The second-order valence-electron chi connectivity index (χ2n) is 3.77. The summed E-state index contributed by atoms with van der Waals surface area (Å²) in [6.07, 6.45) is 3.44. The fraction of sp³-hybridized carbons (Fsp3) is 0.182. The monoisotopic (exact) mass is 407 g/mol. The first-order chi connectivity index (χ1) is 8.97. The molecule has 0 aliphatic rings. The van der Waals surface area contributed by atoms with Crippen LogP contribution in [0.5, 0.6) is 0 Å². The van der Waals surface area contributed by atoms with Crippen molar-refractivity contribution in [3.63, 3.8) is 0 Å². The van der Waals surface area contributed by atoms with E-state index in [-0.39, 0.29) is 11.4 Å². The molecule has 0 bridgehead atoms. The number of nitrogens with zero attached hydrogens (tertiary/aromatic N) is 2. The molecule has 0 fully saturated rings. The number of halogens is 2. The van der Waals surface area contributed by atoms with Gasteiger partial charge >= 0.3 is 0 Å². The fourth-order valence-corrected chi connectivity index (χ4v) is 3.07. The number of hydrogen-bond acceptors (Lipinski definition) is 3. The maximum Gasteiger partial charge on any atom is 0.240 e. The second kappa shape index (κ2) is 6.17. The lowest BCUT2D eigenvalue weighted by Gasteiger charge is -2.07. The average molecular weight is 409 g/mol. The van der Waals surface area contributed by atoms with Gasteiger partial charge in [0.1, 0.15) is 0 Å². The van der Waals surface area contributed by atoms with Gasteiger partial charge in [-0.15, -0.1) is 0 Å². The molecule has 1 aromatic carbocycles. The van der Waals surface area contributed by atoms with E-state index in [1.165, 1.54) is 0 Å². The van der Waals surface area contributed by atoms with Crippen molar-refractivity contribution in [2.45, 2.75) is 11.4 Å². The predicted molar refractivity (Wildman–Crippen MR) is 79.3 cm³/mol. The molecule has 8 heteroatoms. The SMILES string of the molecule is O=S(=O)(NCCn1cc(Br)cn1)c1ccc(Br)cc1. The Labute approximate surface area is 128 Å². The van der Waals surface area contributed by atoms with E-state index in [2.05, 4.69) is 41.7 Å². The summed E-state index contributed by atoms with van der Waals surface area (Å²) in [4.78, 5) is 0.248. The van der Waals surface area contributed by atoms with Crippen molar-refractivity contribution in [2.75, 3.05) is 6.54 Å². The second-order valence-corrected chi connectivity index (χ2v) is 7.37. The van der Waals surface area contributed by atoms with E-state index < -0.39 is 10.0 Å². The fourth-order valence-electron chi connectivity index (χ4n) is 1.45. The highest BCUT2D eigenvalue weighted by molar-refractivity contribution is 9.10. The normalized spacial score (nSPS) is 11.7. The number of rotatable bonds is 5. The van der Waals surface area contributed by atoms with Gasteiger partial charge in [0.15, 0.2) is 0 Å². The van der Waals surface area contributed by atoms with Crippen LogP contribution in [0.4, 0.5) is 0 Å². The van der Waals surface area contributed by atoms with E-state index in [1.807, 2.05) is 0 Å². The van der Waals surface area contributed by atoms with Crippen LogP contribution in [0.25, 0.3) is 0 Å². The van der Waals surface area contributed by atoms with Crippen molar-refractivity contribution >= 4 is 41.9 Å². The summed E-state index contributed by atoms with van der Waals surface area (Å²) in [7, 11) is -3.46. The molecule has 2 rings (SSSR count). The van der Waals surface area contributed by atoms with Crippen molar-refractivity contribution in [3.05, 3.63) is 45.6 Å². The topological polar surface area (TPSA) is 64.0 Å². The Morgan fingerprint density at radius 3 is 2.42 bits per heavy atom. The summed E-state index contributed by atoms with van der Waals surface area (Å²) in [6, 6.07) is 6.49. The minimum absolute atomic E-state index is 0.248. The molecule has 0 aliphatic carbocycles. The molecular weight excluding hydrogens is 398 g/mol. The van der Waals surface area contributed by atoms with Gasteiger partial charge in [-0.05, 0) is 40.2 Å². The number of nitrogens with one attached hydrogen (secondary N) is 1. The van der Waals surface area contributed by atoms with Crippen LogP contribution in [-0.4, -0.2) is 24.7 Å².